The van der Waals surface area contributed by atoms with Crippen LogP contribution in [0.1, 0.15) is 35.7 Å². The summed E-state index contributed by atoms with van der Waals surface area (Å²) in [5.41, 5.74) is 1.78. The molecule has 7 heteroatoms. The number of piperidine rings is 1. The molecule has 1 saturated heterocycles. The number of aliphatic hydroxyl groups excluding tert-OH is 1. The number of ether oxygens (including phenoxy) is 2. The normalized spacial score (nSPS) is 17.6. The maximum absolute atomic E-state index is 13.1. The summed E-state index contributed by atoms with van der Waals surface area (Å²) in [5.74, 6) is -0.479. The minimum absolute atomic E-state index is 0.315. The Morgan fingerprint density at radius 2 is 2.09 bits per heavy atom. The molecule has 0 bridgehead atoms. The molecule has 1 aliphatic rings. The number of likely N-dealkylation sites (tertiary alicyclic amines) is 1. The number of esters is 1. The number of fused-ring (bicyclic) bond motifs is 1. The maximum Gasteiger partial charge on any atom is 0.340 e. The van der Waals surface area contributed by atoms with Crippen LogP contribution in [0.5, 0.6) is 5.75 Å². The third kappa shape index (κ3) is 5.66. The number of aliphatic hydroxyl groups is 1. The number of hydrogen-bond donors (Lipinski definition) is 2. The Morgan fingerprint density at radius 1 is 1.31 bits per heavy atom. The lowest BCUT2D eigenvalue weighted by atomic mass is 10.00. The average Bonchev–Trinajstić information content (AvgIpc) is 2.76. The monoisotopic (exact) mass is 440 g/mol. The van der Waals surface area contributed by atoms with Gasteiger partial charge in [0.1, 0.15) is 5.75 Å². The zero-order chi connectivity index (χ0) is 23.3. The number of hydrogen-bond acceptors (Lipinski definition) is 6. The topological polar surface area (TPSA) is 88.1 Å². The second kappa shape index (κ2) is 10.6. The molecule has 1 aliphatic heterocycles. The van der Waals surface area contributed by atoms with Crippen molar-refractivity contribution >= 4 is 22.6 Å². The summed E-state index contributed by atoms with van der Waals surface area (Å²) in [4.78, 5) is 27.9. The summed E-state index contributed by atoms with van der Waals surface area (Å²) < 4.78 is 11.0. The lowest BCUT2D eigenvalue weighted by Crippen LogP contribution is -2.45. The standard InChI is InChI=1S/C25H32N2O5/c1-16(2)23(24(29)26-10-12-27-11-6-8-18(28)15-27)32-25(30)22-14-19(31-4)13-21-17(3)7-5-9-20(21)22/h5,7,9,13-14,18,23,28H,1,6,8,10-12,15H2,2-4H3,(H,26,29)/t18?,23-/m0/s1. The lowest BCUT2D eigenvalue weighted by Gasteiger charge is -2.30. The number of amides is 1. The molecule has 7 nitrogen and oxygen atoms in total. The first kappa shape index (κ1) is 23.8. The predicted octanol–water partition coefficient (Wildman–Crippen LogP) is 2.83. The third-order valence-electron chi connectivity index (χ3n) is 5.76. The van der Waals surface area contributed by atoms with E-state index in [1.54, 1.807) is 20.1 Å². The number of carbonyl (C=O) groups is 2. The molecule has 0 saturated carbocycles. The number of rotatable bonds is 8. The van der Waals surface area contributed by atoms with Crippen LogP contribution in [0.25, 0.3) is 10.8 Å². The van der Waals surface area contributed by atoms with Gasteiger partial charge in [-0.15, -0.1) is 0 Å². The van der Waals surface area contributed by atoms with Gasteiger partial charge in [0.15, 0.2) is 0 Å². The van der Waals surface area contributed by atoms with Crippen LogP contribution in [-0.4, -0.2) is 67.4 Å². The Bertz CT molecular complexity index is 1000. The summed E-state index contributed by atoms with van der Waals surface area (Å²) >= 11 is 0. The van der Waals surface area contributed by atoms with E-state index in [4.69, 9.17) is 9.47 Å². The van der Waals surface area contributed by atoms with E-state index < -0.39 is 18.0 Å². The predicted molar refractivity (Wildman–Crippen MR) is 124 cm³/mol. The Morgan fingerprint density at radius 3 is 2.78 bits per heavy atom. The molecule has 2 atom stereocenters. The minimum atomic E-state index is -1.10. The fourth-order valence-corrected chi connectivity index (χ4v) is 4.01. The molecule has 0 aromatic heterocycles. The summed E-state index contributed by atoms with van der Waals surface area (Å²) in [7, 11) is 1.54. The molecule has 1 unspecified atom stereocenters. The first-order valence-electron chi connectivity index (χ1n) is 10.9. The van der Waals surface area contributed by atoms with E-state index in [0.717, 1.165) is 35.7 Å². The first-order valence-corrected chi connectivity index (χ1v) is 10.9. The molecule has 1 fully saturated rings. The molecule has 1 heterocycles. The van der Waals surface area contributed by atoms with Crippen LogP contribution in [0.3, 0.4) is 0 Å². The van der Waals surface area contributed by atoms with Gasteiger partial charge in [0.05, 0.1) is 18.8 Å². The molecule has 172 valence electrons. The second-order valence-corrected chi connectivity index (χ2v) is 8.36. The van der Waals surface area contributed by atoms with E-state index in [1.165, 1.54) is 0 Å². The van der Waals surface area contributed by atoms with Gasteiger partial charge in [0.25, 0.3) is 5.91 Å². The van der Waals surface area contributed by atoms with Gasteiger partial charge in [-0.05, 0) is 67.3 Å². The van der Waals surface area contributed by atoms with Crippen LogP contribution in [0.4, 0.5) is 0 Å². The zero-order valence-corrected chi connectivity index (χ0v) is 19.0. The zero-order valence-electron chi connectivity index (χ0n) is 19.0. The molecule has 32 heavy (non-hydrogen) atoms. The molecule has 2 aromatic carbocycles. The summed E-state index contributed by atoms with van der Waals surface area (Å²) in [6, 6.07) is 9.19. The Hall–Kier alpha value is -2.90. The number of nitrogens with one attached hydrogen (secondary N) is 1. The Balaban J connectivity index is 1.70. The Labute approximate surface area is 189 Å². The molecule has 1 amide bonds. The quantitative estimate of drug-likeness (QED) is 0.485. The molecule has 0 aliphatic carbocycles. The van der Waals surface area contributed by atoms with E-state index >= 15 is 0 Å². The number of carbonyl (C=O) groups excluding carboxylic acids is 2. The van der Waals surface area contributed by atoms with Crippen molar-refractivity contribution in [2.45, 2.75) is 38.9 Å². The molecule has 0 spiro atoms. The maximum atomic E-state index is 13.1. The van der Waals surface area contributed by atoms with Crippen LogP contribution in [-0.2, 0) is 9.53 Å². The van der Waals surface area contributed by atoms with Gasteiger partial charge in [-0.2, -0.15) is 0 Å². The fourth-order valence-electron chi connectivity index (χ4n) is 4.01. The molecular formula is C25H32N2O5. The van der Waals surface area contributed by atoms with Crippen LogP contribution in [0.15, 0.2) is 42.5 Å². The van der Waals surface area contributed by atoms with E-state index in [-0.39, 0.29) is 6.10 Å². The van der Waals surface area contributed by atoms with Gasteiger partial charge >= 0.3 is 5.97 Å². The number of methoxy groups -OCH3 is 1. The highest BCUT2D eigenvalue weighted by Crippen LogP contribution is 2.29. The van der Waals surface area contributed by atoms with Crippen molar-refractivity contribution in [3.63, 3.8) is 0 Å². The van der Waals surface area contributed by atoms with Crippen molar-refractivity contribution < 1.29 is 24.2 Å². The number of benzene rings is 2. The first-order chi connectivity index (χ1) is 15.3. The molecular weight excluding hydrogens is 408 g/mol. The van der Waals surface area contributed by atoms with Crippen molar-refractivity contribution in [3.05, 3.63) is 53.6 Å². The average molecular weight is 441 g/mol. The molecule has 3 rings (SSSR count). The molecule has 2 N–H and O–H groups in total. The number of aryl methyl sites for hydroxylation is 1. The SMILES string of the molecule is C=C(C)[C@H](OC(=O)c1cc(OC)cc2c(C)cccc12)C(=O)NCCN1CCCC(O)C1. The molecule has 2 aromatic rings. The van der Waals surface area contributed by atoms with E-state index in [0.29, 0.717) is 36.5 Å². The van der Waals surface area contributed by atoms with Crippen molar-refractivity contribution in [2.24, 2.45) is 0 Å². The van der Waals surface area contributed by atoms with Crippen molar-refractivity contribution in [3.8, 4) is 5.75 Å². The van der Waals surface area contributed by atoms with Gasteiger partial charge in [-0.1, -0.05) is 24.8 Å². The third-order valence-corrected chi connectivity index (χ3v) is 5.76. The highest BCUT2D eigenvalue weighted by Gasteiger charge is 2.26. The van der Waals surface area contributed by atoms with E-state index in [9.17, 15) is 14.7 Å². The summed E-state index contributed by atoms with van der Waals surface area (Å²) in [5, 5.41) is 14.2. The largest absolute Gasteiger partial charge is 0.497 e. The van der Waals surface area contributed by atoms with Crippen LogP contribution < -0.4 is 10.1 Å². The minimum Gasteiger partial charge on any atom is -0.497 e. The Kier molecular flexibility index (Phi) is 7.88. The summed E-state index contributed by atoms with van der Waals surface area (Å²) in [6.45, 7) is 9.98. The van der Waals surface area contributed by atoms with E-state index in [1.807, 2.05) is 31.2 Å². The van der Waals surface area contributed by atoms with Crippen LogP contribution in [0, 0.1) is 6.92 Å². The van der Waals surface area contributed by atoms with Crippen LogP contribution >= 0.6 is 0 Å². The lowest BCUT2D eigenvalue weighted by molar-refractivity contribution is -0.128. The summed E-state index contributed by atoms with van der Waals surface area (Å²) in [6.07, 6.45) is 0.342. The fraction of sp³-hybridized carbons (Fsp3) is 0.440. The highest BCUT2D eigenvalue weighted by molar-refractivity contribution is 6.07. The van der Waals surface area contributed by atoms with Gasteiger partial charge in [-0.3, -0.25) is 9.69 Å². The highest BCUT2D eigenvalue weighted by atomic mass is 16.5. The van der Waals surface area contributed by atoms with Gasteiger partial charge in [-0.25, -0.2) is 4.79 Å². The van der Waals surface area contributed by atoms with Crippen molar-refractivity contribution in [1.29, 1.82) is 0 Å². The van der Waals surface area contributed by atoms with Crippen LogP contribution in [0.2, 0.25) is 0 Å². The number of β-amino-alcohol motifs (C(OH)–C–C–N with tert-alkyl or cyclic N) is 1. The van der Waals surface area contributed by atoms with Gasteiger partial charge in [0.2, 0.25) is 6.10 Å². The van der Waals surface area contributed by atoms with Crippen molar-refractivity contribution in [2.75, 3.05) is 33.3 Å². The van der Waals surface area contributed by atoms with Gasteiger partial charge < -0.3 is 19.9 Å². The van der Waals surface area contributed by atoms with Crippen molar-refractivity contribution in [1.82, 2.24) is 10.2 Å². The second-order valence-electron chi connectivity index (χ2n) is 8.36. The number of nitrogens with zero attached hydrogens (tertiary/aromatic N) is 1. The van der Waals surface area contributed by atoms with E-state index in [2.05, 4.69) is 16.8 Å². The van der Waals surface area contributed by atoms with Gasteiger partial charge in [0, 0.05) is 19.6 Å². The smallest absolute Gasteiger partial charge is 0.340 e. The molecule has 0 radical (unpaired) electrons.